The van der Waals surface area contributed by atoms with Gasteiger partial charge in [0, 0.05) is 23.3 Å². The molecule has 2 heterocycles. The van der Waals surface area contributed by atoms with Crippen LogP contribution >= 0.6 is 0 Å². The summed E-state index contributed by atoms with van der Waals surface area (Å²) in [6.07, 6.45) is 1.13. The van der Waals surface area contributed by atoms with Crippen LogP contribution in [0, 0.1) is 10.1 Å². The van der Waals surface area contributed by atoms with Gasteiger partial charge < -0.3 is 9.47 Å². The molecule has 0 spiro atoms. The maximum absolute atomic E-state index is 11.7. The SMILES string of the molecule is O=C1NC(=O)C(=Cc2cc([N+](=O)[O-])cc3c2OCOC3)C(=O)N1. The van der Waals surface area contributed by atoms with Gasteiger partial charge in [-0.15, -0.1) is 0 Å². The molecule has 10 heteroatoms. The molecule has 118 valence electrons. The van der Waals surface area contributed by atoms with Gasteiger partial charge in [0.05, 0.1) is 11.5 Å². The number of rotatable bonds is 2. The summed E-state index contributed by atoms with van der Waals surface area (Å²) in [4.78, 5) is 44.9. The lowest BCUT2D eigenvalue weighted by Crippen LogP contribution is -2.51. The normalized spacial score (nSPS) is 16.9. The van der Waals surface area contributed by atoms with Gasteiger partial charge in [-0.25, -0.2) is 4.79 Å². The Morgan fingerprint density at radius 1 is 1.17 bits per heavy atom. The molecule has 0 aromatic heterocycles. The number of nitrogens with one attached hydrogen (secondary N) is 2. The summed E-state index contributed by atoms with van der Waals surface area (Å²) in [5, 5.41) is 14.8. The van der Waals surface area contributed by atoms with E-state index in [0.29, 0.717) is 5.56 Å². The van der Waals surface area contributed by atoms with Crippen molar-refractivity contribution in [1.82, 2.24) is 10.6 Å². The van der Waals surface area contributed by atoms with Crippen molar-refractivity contribution in [3.05, 3.63) is 38.9 Å². The van der Waals surface area contributed by atoms with Gasteiger partial charge >= 0.3 is 6.03 Å². The number of urea groups is 1. The number of barbiturate groups is 1. The van der Waals surface area contributed by atoms with Gasteiger partial charge in [0.25, 0.3) is 17.5 Å². The molecule has 4 amide bonds. The number of nitro benzene ring substituents is 1. The minimum atomic E-state index is -0.928. The van der Waals surface area contributed by atoms with E-state index in [1.807, 2.05) is 10.6 Å². The summed E-state index contributed by atoms with van der Waals surface area (Å²) >= 11 is 0. The van der Waals surface area contributed by atoms with Crippen LogP contribution in [0.3, 0.4) is 0 Å². The van der Waals surface area contributed by atoms with Crippen molar-refractivity contribution < 1.29 is 28.8 Å². The Labute approximate surface area is 128 Å². The quantitative estimate of drug-likeness (QED) is 0.344. The number of nitro groups is 1. The van der Waals surface area contributed by atoms with Gasteiger partial charge in [-0.2, -0.15) is 0 Å². The largest absolute Gasteiger partial charge is 0.467 e. The standard InChI is InChI=1S/C13H9N3O7/c17-11-9(12(18)15-13(19)14-11)3-6-1-8(16(20)21)2-7-4-22-5-23-10(6)7/h1-3H,4-5H2,(H2,14,15,17,18,19). The van der Waals surface area contributed by atoms with Crippen molar-refractivity contribution in [2.24, 2.45) is 0 Å². The maximum Gasteiger partial charge on any atom is 0.328 e. The van der Waals surface area contributed by atoms with Crippen LogP contribution in [0.2, 0.25) is 0 Å². The molecule has 1 aromatic carbocycles. The highest BCUT2D eigenvalue weighted by atomic mass is 16.7. The first-order chi connectivity index (χ1) is 11.0. The Morgan fingerprint density at radius 3 is 2.52 bits per heavy atom. The molecule has 2 aliphatic rings. The number of amides is 4. The Balaban J connectivity index is 2.11. The predicted octanol–water partition coefficient (Wildman–Crippen LogP) is 0.211. The van der Waals surface area contributed by atoms with Crippen LogP contribution in [0.25, 0.3) is 6.08 Å². The van der Waals surface area contributed by atoms with Crippen molar-refractivity contribution in [2.45, 2.75) is 6.61 Å². The Bertz CT molecular complexity index is 762. The Hall–Kier alpha value is -3.27. The molecule has 3 rings (SSSR count). The summed E-state index contributed by atoms with van der Waals surface area (Å²) in [5.41, 5.74) is -0.00283. The van der Waals surface area contributed by atoms with Crippen molar-refractivity contribution in [3.8, 4) is 5.75 Å². The van der Waals surface area contributed by atoms with E-state index in [1.165, 1.54) is 12.1 Å². The van der Waals surface area contributed by atoms with Crippen molar-refractivity contribution in [1.29, 1.82) is 0 Å². The summed E-state index contributed by atoms with van der Waals surface area (Å²) in [7, 11) is 0. The highest BCUT2D eigenvalue weighted by Crippen LogP contribution is 2.34. The highest BCUT2D eigenvalue weighted by Gasteiger charge is 2.29. The maximum atomic E-state index is 11.7. The molecule has 0 radical (unpaired) electrons. The van der Waals surface area contributed by atoms with E-state index in [2.05, 4.69) is 0 Å². The van der Waals surface area contributed by atoms with E-state index >= 15 is 0 Å². The zero-order valence-electron chi connectivity index (χ0n) is 11.5. The molecule has 0 aliphatic carbocycles. The number of hydrogen-bond donors (Lipinski definition) is 2. The van der Waals surface area contributed by atoms with E-state index in [4.69, 9.17) is 9.47 Å². The molecule has 23 heavy (non-hydrogen) atoms. The molecular weight excluding hydrogens is 310 g/mol. The van der Waals surface area contributed by atoms with Crippen molar-refractivity contribution in [2.75, 3.05) is 6.79 Å². The average Bonchev–Trinajstić information content (AvgIpc) is 2.50. The fourth-order valence-corrected chi connectivity index (χ4v) is 2.21. The van der Waals surface area contributed by atoms with Crippen LogP contribution in [-0.4, -0.2) is 29.6 Å². The minimum absolute atomic E-state index is 0.0577. The number of imide groups is 2. The lowest BCUT2D eigenvalue weighted by Gasteiger charge is -2.20. The van der Waals surface area contributed by atoms with Gasteiger partial charge in [-0.05, 0) is 6.08 Å². The number of non-ortho nitro benzene ring substituents is 1. The number of carbonyl (C=O) groups excluding carboxylic acids is 3. The summed E-state index contributed by atoms with van der Waals surface area (Å²) in [6, 6.07) is 1.54. The first-order valence-electron chi connectivity index (χ1n) is 6.36. The van der Waals surface area contributed by atoms with Crippen LogP contribution in [0.4, 0.5) is 10.5 Å². The van der Waals surface area contributed by atoms with Crippen LogP contribution < -0.4 is 15.4 Å². The topological polar surface area (TPSA) is 137 Å². The van der Waals surface area contributed by atoms with Crippen LogP contribution in [-0.2, 0) is 20.9 Å². The van der Waals surface area contributed by atoms with Crippen molar-refractivity contribution in [3.63, 3.8) is 0 Å². The molecular formula is C13H9N3O7. The Kier molecular flexibility index (Phi) is 3.50. The van der Waals surface area contributed by atoms with Crippen LogP contribution in [0.15, 0.2) is 17.7 Å². The number of hydrogen-bond acceptors (Lipinski definition) is 7. The molecule has 10 nitrogen and oxygen atoms in total. The molecule has 2 N–H and O–H groups in total. The Morgan fingerprint density at radius 2 is 1.87 bits per heavy atom. The second kappa shape index (κ2) is 5.50. The van der Waals surface area contributed by atoms with Gasteiger partial charge in [-0.1, -0.05) is 0 Å². The predicted molar refractivity (Wildman–Crippen MR) is 73.0 cm³/mol. The van der Waals surface area contributed by atoms with E-state index < -0.39 is 22.8 Å². The van der Waals surface area contributed by atoms with Gasteiger partial charge in [0.15, 0.2) is 6.79 Å². The molecule has 1 fully saturated rings. The molecule has 0 unspecified atom stereocenters. The van der Waals surface area contributed by atoms with Crippen molar-refractivity contribution >= 4 is 29.6 Å². The number of carbonyl (C=O) groups is 3. The monoisotopic (exact) mass is 319 g/mol. The third-order valence-corrected chi connectivity index (χ3v) is 3.18. The fraction of sp³-hybridized carbons (Fsp3) is 0.154. The highest BCUT2D eigenvalue weighted by molar-refractivity contribution is 6.31. The fourth-order valence-electron chi connectivity index (χ4n) is 2.21. The molecule has 1 aromatic rings. The number of ether oxygens (including phenoxy) is 2. The van der Waals surface area contributed by atoms with E-state index in [9.17, 15) is 24.5 Å². The van der Waals surface area contributed by atoms with E-state index in [-0.39, 0.29) is 36.0 Å². The molecule has 0 bridgehead atoms. The average molecular weight is 319 g/mol. The second-order valence-corrected chi connectivity index (χ2v) is 4.69. The summed E-state index contributed by atoms with van der Waals surface area (Å²) in [6.45, 7) is 0.0436. The molecule has 1 saturated heterocycles. The zero-order chi connectivity index (χ0) is 16.6. The number of nitrogens with zero attached hydrogens (tertiary/aromatic N) is 1. The number of fused-ring (bicyclic) bond motifs is 1. The van der Waals surface area contributed by atoms with Crippen LogP contribution in [0.5, 0.6) is 5.75 Å². The third kappa shape index (κ3) is 2.74. The van der Waals surface area contributed by atoms with E-state index in [1.54, 1.807) is 0 Å². The lowest BCUT2D eigenvalue weighted by molar-refractivity contribution is -0.385. The summed E-state index contributed by atoms with van der Waals surface area (Å²) < 4.78 is 10.4. The smallest absolute Gasteiger partial charge is 0.328 e. The lowest BCUT2D eigenvalue weighted by atomic mass is 10.0. The summed E-state index contributed by atoms with van der Waals surface area (Å²) in [5.74, 6) is -1.51. The minimum Gasteiger partial charge on any atom is -0.467 e. The van der Waals surface area contributed by atoms with Gasteiger partial charge in [0.1, 0.15) is 11.3 Å². The number of benzene rings is 1. The van der Waals surface area contributed by atoms with Gasteiger partial charge in [0.2, 0.25) is 0 Å². The zero-order valence-corrected chi connectivity index (χ0v) is 11.5. The molecule has 2 aliphatic heterocycles. The molecule has 0 atom stereocenters. The first kappa shape index (κ1) is 14.7. The van der Waals surface area contributed by atoms with Crippen LogP contribution in [0.1, 0.15) is 11.1 Å². The first-order valence-corrected chi connectivity index (χ1v) is 6.36. The molecule has 0 saturated carbocycles. The van der Waals surface area contributed by atoms with E-state index in [0.717, 1.165) is 6.08 Å². The van der Waals surface area contributed by atoms with Gasteiger partial charge in [-0.3, -0.25) is 30.3 Å². The third-order valence-electron chi connectivity index (χ3n) is 3.18. The second-order valence-electron chi connectivity index (χ2n) is 4.69.